The molecule has 1 atom stereocenters. The minimum atomic E-state index is -0.533. The Hall–Kier alpha value is -2.24. The number of benzene rings is 1. The fourth-order valence-electron chi connectivity index (χ4n) is 2.60. The fraction of sp³-hybridized carbons (Fsp3) is 0.619. The molecular weight excluding hydrogens is 340 g/mol. The number of nitrogens with zero attached hydrogens (tertiary/aromatic N) is 1. The molecule has 0 aliphatic heterocycles. The van der Waals surface area contributed by atoms with E-state index in [4.69, 9.17) is 4.74 Å². The highest BCUT2D eigenvalue weighted by atomic mass is 16.5. The molecule has 0 spiro atoms. The second-order valence-electron chi connectivity index (χ2n) is 7.33. The van der Waals surface area contributed by atoms with Crippen molar-refractivity contribution in [2.45, 2.75) is 47.0 Å². The highest BCUT2D eigenvalue weighted by molar-refractivity contribution is 5.83. The van der Waals surface area contributed by atoms with Crippen LogP contribution in [0.2, 0.25) is 0 Å². The van der Waals surface area contributed by atoms with E-state index in [-0.39, 0.29) is 5.91 Å². The Balaban J connectivity index is 2.57. The van der Waals surface area contributed by atoms with E-state index in [0.29, 0.717) is 19.0 Å². The number of nitrogens with one attached hydrogen (secondary N) is 3. The molecule has 1 rings (SSSR count). The van der Waals surface area contributed by atoms with Crippen molar-refractivity contribution in [3.8, 4) is 5.75 Å². The molecule has 3 N–H and O–H groups in total. The molecular formula is C21H36N4O2. The number of amides is 1. The monoisotopic (exact) mass is 376 g/mol. The van der Waals surface area contributed by atoms with Gasteiger partial charge in [-0.1, -0.05) is 19.1 Å². The number of aliphatic imine (C=N–C) groups is 1. The van der Waals surface area contributed by atoms with E-state index < -0.39 is 5.41 Å². The molecule has 0 heterocycles. The second kappa shape index (κ2) is 11.5. The summed E-state index contributed by atoms with van der Waals surface area (Å²) in [6, 6.07) is 8.21. The summed E-state index contributed by atoms with van der Waals surface area (Å²) in [5.41, 5.74) is 0.756. The zero-order valence-corrected chi connectivity index (χ0v) is 17.7. The maximum absolute atomic E-state index is 12.1. The first kappa shape index (κ1) is 22.8. The van der Waals surface area contributed by atoms with Gasteiger partial charge in [-0.15, -0.1) is 0 Å². The molecule has 1 aromatic carbocycles. The van der Waals surface area contributed by atoms with Crippen molar-refractivity contribution in [2.75, 3.05) is 33.3 Å². The van der Waals surface area contributed by atoms with Crippen LogP contribution in [-0.2, 0) is 4.79 Å². The van der Waals surface area contributed by atoms with Gasteiger partial charge in [0, 0.05) is 19.6 Å². The van der Waals surface area contributed by atoms with Gasteiger partial charge >= 0.3 is 0 Å². The highest BCUT2D eigenvalue weighted by Gasteiger charge is 2.26. The molecule has 27 heavy (non-hydrogen) atoms. The van der Waals surface area contributed by atoms with Crippen LogP contribution in [0, 0.1) is 5.41 Å². The standard InChI is InChI=1S/C21H36N4O2/c1-7-22-19(26)21(4,5)15-25-20(23-8-2)24-14-13-16(3)17-9-11-18(27-6)12-10-17/h9-12,16H,7-8,13-15H2,1-6H3,(H,22,26)(H2,23,24,25). The SMILES string of the molecule is CCNC(=O)C(C)(C)CN=C(NCC)NCCC(C)c1ccc(OC)cc1. The summed E-state index contributed by atoms with van der Waals surface area (Å²) in [6.45, 7) is 12.6. The Morgan fingerprint density at radius 3 is 2.30 bits per heavy atom. The van der Waals surface area contributed by atoms with Gasteiger partial charge in [-0.3, -0.25) is 9.79 Å². The largest absolute Gasteiger partial charge is 0.497 e. The summed E-state index contributed by atoms with van der Waals surface area (Å²) in [4.78, 5) is 16.7. The van der Waals surface area contributed by atoms with E-state index >= 15 is 0 Å². The quantitative estimate of drug-likeness (QED) is 0.434. The van der Waals surface area contributed by atoms with Crippen LogP contribution < -0.4 is 20.7 Å². The van der Waals surface area contributed by atoms with Crippen LogP contribution in [0.25, 0.3) is 0 Å². The summed E-state index contributed by atoms with van der Waals surface area (Å²) in [7, 11) is 1.68. The lowest BCUT2D eigenvalue weighted by molar-refractivity contribution is -0.128. The maximum atomic E-state index is 12.1. The van der Waals surface area contributed by atoms with Gasteiger partial charge in [-0.05, 0) is 57.7 Å². The molecule has 1 amide bonds. The summed E-state index contributed by atoms with van der Waals surface area (Å²) in [5.74, 6) is 2.08. The maximum Gasteiger partial charge on any atom is 0.227 e. The van der Waals surface area contributed by atoms with Crippen LogP contribution >= 0.6 is 0 Å². The van der Waals surface area contributed by atoms with Crippen LogP contribution in [0.15, 0.2) is 29.3 Å². The van der Waals surface area contributed by atoms with Gasteiger partial charge in [0.05, 0.1) is 19.1 Å². The van der Waals surface area contributed by atoms with Crippen LogP contribution in [-0.4, -0.2) is 45.2 Å². The first-order valence-electron chi connectivity index (χ1n) is 9.78. The first-order chi connectivity index (χ1) is 12.8. The number of ether oxygens (including phenoxy) is 1. The molecule has 0 bridgehead atoms. The number of carbonyl (C=O) groups is 1. The average molecular weight is 377 g/mol. The zero-order chi connectivity index (χ0) is 20.3. The van der Waals surface area contributed by atoms with Crippen molar-refractivity contribution < 1.29 is 9.53 Å². The third-order valence-electron chi connectivity index (χ3n) is 4.48. The van der Waals surface area contributed by atoms with Gasteiger partial charge in [0.2, 0.25) is 5.91 Å². The molecule has 0 saturated heterocycles. The van der Waals surface area contributed by atoms with Crippen molar-refractivity contribution in [3.63, 3.8) is 0 Å². The van der Waals surface area contributed by atoms with Crippen LogP contribution in [0.4, 0.5) is 0 Å². The van der Waals surface area contributed by atoms with E-state index in [9.17, 15) is 4.79 Å². The number of rotatable bonds is 10. The van der Waals surface area contributed by atoms with Crippen molar-refractivity contribution >= 4 is 11.9 Å². The lowest BCUT2D eigenvalue weighted by atomic mass is 9.92. The zero-order valence-electron chi connectivity index (χ0n) is 17.7. The molecule has 0 aromatic heterocycles. The van der Waals surface area contributed by atoms with Gasteiger partial charge in [-0.25, -0.2) is 0 Å². The molecule has 0 fully saturated rings. The average Bonchev–Trinajstić information content (AvgIpc) is 2.66. The Morgan fingerprint density at radius 2 is 1.74 bits per heavy atom. The van der Waals surface area contributed by atoms with Gasteiger partial charge in [0.1, 0.15) is 5.75 Å². The predicted octanol–water partition coefficient (Wildman–Crippen LogP) is 2.91. The van der Waals surface area contributed by atoms with E-state index in [2.05, 4.69) is 40.0 Å². The summed E-state index contributed by atoms with van der Waals surface area (Å²) in [5, 5.41) is 9.48. The normalized spacial score (nSPS) is 13.0. The van der Waals surface area contributed by atoms with E-state index in [1.54, 1.807) is 7.11 Å². The molecule has 6 nitrogen and oxygen atoms in total. The smallest absolute Gasteiger partial charge is 0.227 e. The minimum Gasteiger partial charge on any atom is -0.497 e. The van der Waals surface area contributed by atoms with E-state index in [1.165, 1.54) is 5.56 Å². The van der Waals surface area contributed by atoms with Crippen molar-refractivity contribution in [1.29, 1.82) is 0 Å². The number of hydrogen-bond acceptors (Lipinski definition) is 3. The summed E-state index contributed by atoms with van der Waals surface area (Å²) in [6.07, 6.45) is 0.983. The number of hydrogen-bond donors (Lipinski definition) is 3. The number of methoxy groups -OCH3 is 1. The molecule has 0 aliphatic carbocycles. The molecule has 0 aliphatic rings. The van der Waals surface area contributed by atoms with E-state index in [0.717, 1.165) is 31.2 Å². The molecule has 0 saturated carbocycles. The topological polar surface area (TPSA) is 74.8 Å². The van der Waals surface area contributed by atoms with Crippen LogP contribution in [0.1, 0.15) is 52.5 Å². The molecule has 1 unspecified atom stereocenters. The second-order valence-corrected chi connectivity index (χ2v) is 7.33. The fourth-order valence-corrected chi connectivity index (χ4v) is 2.60. The van der Waals surface area contributed by atoms with Gasteiger partial charge < -0.3 is 20.7 Å². The third kappa shape index (κ3) is 7.89. The molecule has 6 heteroatoms. The van der Waals surface area contributed by atoms with Gasteiger partial charge in [0.15, 0.2) is 5.96 Å². The van der Waals surface area contributed by atoms with Crippen molar-refractivity contribution in [2.24, 2.45) is 10.4 Å². The van der Waals surface area contributed by atoms with Gasteiger partial charge in [-0.2, -0.15) is 0 Å². The molecule has 0 radical (unpaired) electrons. The summed E-state index contributed by atoms with van der Waals surface area (Å²) >= 11 is 0. The first-order valence-corrected chi connectivity index (χ1v) is 9.78. The third-order valence-corrected chi connectivity index (χ3v) is 4.48. The number of guanidine groups is 1. The van der Waals surface area contributed by atoms with Crippen LogP contribution in [0.5, 0.6) is 5.75 Å². The Morgan fingerprint density at radius 1 is 1.11 bits per heavy atom. The highest BCUT2D eigenvalue weighted by Crippen LogP contribution is 2.21. The minimum absolute atomic E-state index is 0.0257. The molecule has 1 aromatic rings. The summed E-state index contributed by atoms with van der Waals surface area (Å²) < 4.78 is 5.21. The van der Waals surface area contributed by atoms with Crippen molar-refractivity contribution in [1.82, 2.24) is 16.0 Å². The lowest BCUT2D eigenvalue weighted by Gasteiger charge is -2.22. The van der Waals surface area contributed by atoms with E-state index in [1.807, 2.05) is 39.8 Å². The Bertz CT molecular complexity index is 597. The number of carbonyl (C=O) groups excluding carboxylic acids is 1. The van der Waals surface area contributed by atoms with Crippen molar-refractivity contribution in [3.05, 3.63) is 29.8 Å². The van der Waals surface area contributed by atoms with Gasteiger partial charge in [0.25, 0.3) is 0 Å². The Kier molecular flexibility index (Phi) is 9.68. The lowest BCUT2D eigenvalue weighted by Crippen LogP contribution is -2.42. The van der Waals surface area contributed by atoms with Crippen LogP contribution in [0.3, 0.4) is 0 Å². The predicted molar refractivity (Wildman–Crippen MR) is 112 cm³/mol. The Labute approximate surface area is 164 Å². The molecule has 152 valence electrons.